The minimum absolute atomic E-state index is 0. The minimum Gasteiger partial charge on any atom is -0.399 e. The molecule has 0 saturated heterocycles. The average molecular weight is 308 g/mol. The zero-order valence-electron chi connectivity index (χ0n) is 7.18. The van der Waals surface area contributed by atoms with Crippen LogP contribution in [-0.2, 0) is 5.92 Å². The van der Waals surface area contributed by atoms with Crippen LogP contribution in [0.15, 0.2) is 24.3 Å². The summed E-state index contributed by atoms with van der Waals surface area (Å²) in [5, 5.41) is 0. The minimum atomic E-state index is -4.27. The van der Waals surface area contributed by atoms with E-state index in [0.717, 1.165) is 24.3 Å². The van der Waals surface area contributed by atoms with E-state index in [2.05, 4.69) is 0 Å². The molecule has 1 aromatic rings. The zero-order valence-corrected chi connectivity index (χ0v) is 9.59. The molecule has 0 atom stereocenters. The van der Waals surface area contributed by atoms with Gasteiger partial charge in [0.2, 0.25) is 0 Å². The van der Waals surface area contributed by atoms with Crippen LogP contribution in [0.25, 0.3) is 0 Å². The maximum Gasteiger partial charge on any atom is 0.367 e. The molecule has 0 bridgehead atoms. The molecular weight excluding hydrogens is 301 g/mol. The Labute approximate surface area is 98.2 Å². The number of benzene rings is 1. The molecule has 0 spiro atoms. The highest BCUT2D eigenvalue weighted by atomic mass is 79.9. The van der Waals surface area contributed by atoms with Crippen molar-refractivity contribution in [1.82, 2.24) is 0 Å². The van der Waals surface area contributed by atoms with Crippen LogP contribution in [0.4, 0.5) is 23.2 Å². The standard InChI is InChI=1S/C8H6BrF4N.ClH/c9-8(12,13)7(10,11)5-1-3-6(14)4-2-5;/h1-4H,14H2;1H. The lowest BCUT2D eigenvalue weighted by Gasteiger charge is -2.21. The summed E-state index contributed by atoms with van der Waals surface area (Å²) in [5.41, 5.74) is 4.69. The van der Waals surface area contributed by atoms with Gasteiger partial charge in [-0.3, -0.25) is 0 Å². The van der Waals surface area contributed by atoms with E-state index in [-0.39, 0.29) is 18.1 Å². The first kappa shape index (κ1) is 14.5. The summed E-state index contributed by atoms with van der Waals surface area (Å²) in [7, 11) is 0. The van der Waals surface area contributed by atoms with E-state index in [9.17, 15) is 17.6 Å². The molecule has 0 aliphatic carbocycles. The molecule has 0 unspecified atom stereocenters. The third-order valence-electron chi connectivity index (χ3n) is 1.63. The molecule has 2 N–H and O–H groups in total. The molecular formula is C8H7BrClF4N. The van der Waals surface area contributed by atoms with Gasteiger partial charge in [0.1, 0.15) is 0 Å². The summed E-state index contributed by atoms with van der Waals surface area (Å²) in [6.45, 7) is 0. The molecule has 1 nitrogen and oxygen atoms in total. The summed E-state index contributed by atoms with van der Waals surface area (Å²) in [6.07, 6.45) is 0. The first-order valence-electron chi connectivity index (χ1n) is 3.55. The Hall–Kier alpha value is -0.490. The smallest absolute Gasteiger partial charge is 0.367 e. The maximum absolute atomic E-state index is 13.0. The maximum atomic E-state index is 13.0. The molecule has 0 radical (unpaired) electrons. The molecule has 1 rings (SSSR count). The molecule has 0 saturated carbocycles. The van der Waals surface area contributed by atoms with Crippen molar-refractivity contribution in [2.24, 2.45) is 0 Å². The number of hydrogen-bond acceptors (Lipinski definition) is 1. The number of anilines is 1. The van der Waals surface area contributed by atoms with Gasteiger partial charge in [0, 0.05) is 11.3 Å². The van der Waals surface area contributed by atoms with Gasteiger partial charge in [-0.05, 0) is 28.1 Å². The highest BCUT2D eigenvalue weighted by molar-refractivity contribution is 9.10. The van der Waals surface area contributed by atoms with Gasteiger partial charge < -0.3 is 5.73 Å². The SMILES string of the molecule is Cl.Nc1ccc(C(F)(F)C(F)(F)Br)cc1. The number of alkyl halides is 5. The fourth-order valence-corrected chi connectivity index (χ4v) is 1.09. The van der Waals surface area contributed by atoms with Gasteiger partial charge in [-0.25, -0.2) is 0 Å². The van der Waals surface area contributed by atoms with Crippen molar-refractivity contribution >= 4 is 34.0 Å². The predicted molar refractivity (Wildman–Crippen MR) is 55.9 cm³/mol. The van der Waals surface area contributed by atoms with Gasteiger partial charge in [-0.15, -0.1) is 12.4 Å². The van der Waals surface area contributed by atoms with Crippen molar-refractivity contribution in [2.45, 2.75) is 10.8 Å². The lowest BCUT2D eigenvalue weighted by atomic mass is 10.1. The summed E-state index contributed by atoms with van der Waals surface area (Å²) in [5.74, 6) is -4.25. The normalized spacial score (nSPS) is 12.1. The predicted octanol–water partition coefficient (Wildman–Crippen LogP) is 3.77. The first-order chi connectivity index (χ1) is 6.25. The van der Waals surface area contributed by atoms with Gasteiger partial charge >= 0.3 is 10.8 Å². The number of rotatable bonds is 2. The second-order valence-corrected chi connectivity index (χ2v) is 3.69. The van der Waals surface area contributed by atoms with Crippen LogP contribution in [0.5, 0.6) is 0 Å². The zero-order chi connectivity index (χ0) is 11.0. The lowest BCUT2D eigenvalue weighted by Crippen LogP contribution is -2.32. The van der Waals surface area contributed by atoms with Crippen molar-refractivity contribution in [3.05, 3.63) is 29.8 Å². The molecule has 15 heavy (non-hydrogen) atoms. The Bertz CT molecular complexity index is 322. The van der Waals surface area contributed by atoms with E-state index in [1.165, 1.54) is 0 Å². The quantitative estimate of drug-likeness (QED) is 0.502. The summed E-state index contributed by atoms with van der Waals surface area (Å²) >= 11 is 1.64. The van der Waals surface area contributed by atoms with Crippen LogP contribution in [0.3, 0.4) is 0 Å². The van der Waals surface area contributed by atoms with Crippen LogP contribution in [0, 0.1) is 0 Å². The van der Waals surface area contributed by atoms with E-state index in [0.29, 0.717) is 0 Å². The molecule has 0 amide bonds. The van der Waals surface area contributed by atoms with Crippen LogP contribution in [0.1, 0.15) is 5.56 Å². The highest BCUT2D eigenvalue weighted by Crippen LogP contribution is 2.46. The summed E-state index contributed by atoms with van der Waals surface area (Å²) in [4.78, 5) is -4.27. The molecule has 0 heterocycles. The molecule has 1 aromatic carbocycles. The van der Waals surface area contributed by atoms with Crippen molar-refractivity contribution in [1.29, 1.82) is 0 Å². The number of nitrogen functional groups attached to an aromatic ring is 1. The van der Waals surface area contributed by atoms with E-state index in [1.54, 1.807) is 15.9 Å². The second kappa shape index (κ2) is 4.57. The van der Waals surface area contributed by atoms with E-state index < -0.39 is 16.3 Å². The molecule has 86 valence electrons. The van der Waals surface area contributed by atoms with Gasteiger partial charge in [0.25, 0.3) is 0 Å². The van der Waals surface area contributed by atoms with Crippen molar-refractivity contribution in [3.63, 3.8) is 0 Å². The fourth-order valence-electron chi connectivity index (χ4n) is 0.856. The van der Waals surface area contributed by atoms with Gasteiger partial charge in [-0.1, -0.05) is 12.1 Å². The van der Waals surface area contributed by atoms with Crippen molar-refractivity contribution < 1.29 is 17.6 Å². The van der Waals surface area contributed by atoms with Gasteiger partial charge in [-0.2, -0.15) is 17.6 Å². The van der Waals surface area contributed by atoms with Crippen LogP contribution in [0.2, 0.25) is 0 Å². The van der Waals surface area contributed by atoms with Crippen LogP contribution < -0.4 is 5.73 Å². The van der Waals surface area contributed by atoms with Crippen LogP contribution >= 0.6 is 28.3 Å². The molecule has 0 aliphatic heterocycles. The Morgan fingerprint density at radius 3 is 1.73 bits per heavy atom. The highest BCUT2D eigenvalue weighted by Gasteiger charge is 2.55. The largest absolute Gasteiger partial charge is 0.399 e. The van der Waals surface area contributed by atoms with Crippen molar-refractivity contribution in [3.8, 4) is 0 Å². The van der Waals surface area contributed by atoms with E-state index in [1.807, 2.05) is 0 Å². The summed E-state index contributed by atoms with van der Waals surface area (Å²) in [6, 6.07) is 4.01. The van der Waals surface area contributed by atoms with Crippen molar-refractivity contribution in [2.75, 3.05) is 5.73 Å². The monoisotopic (exact) mass is 307 g/mol. The number of nitrogens with two attached hydrogens (primary N) is 1. The lowest BCUT2D eigenvalue weighted by molar-refractivity contribution is -0.153. The average Bonchev–Trinajstić information content (AvgIpc) is 2.03. The third-order valence-corrected chi connectivity index (χ3v) is 2.13. The Morgan fingerprint density at radius 1 is 1.00 bits per heavy atom. The Morgan fingerprint density at radius 2 is 1.40 bits per heavy atom. The Balaban J connectivity index is 0.00000196. The van der Waals surface area contributed by atoms with Gasteiger partial charge in [0.15, 0.2) is 0 Å². The fraction of sp³-hybridized carbons (Fsp3) is 0.250. The van der Waals surface area contributed by atoms with Crippen LogP contribution in [-0.4, -0.2) is 4.83 Å². The number of hydrogen-bond donors (Lipinski definition) is 1. The topological polar surface area (TPSA) is 26.0 Å². The second-order valence-electron chi connectivity index (χ2n) is 2.69. The molecule has 7 heteroatoms. The number of halogens is 6. The van der Waals surface area contributed by atoms with Gasteiger partial charge in [0.05, 0.1) is 0 Å². The third kappa shape index (κ3) is 2.98. The Kier molecular flexibility index (Phi) is 4.42. The molecule has 0 aliphatic rings. The first-order valence-corrected chi connectivity index (χ1v) is 4.35. The molecule has 0 fully saturated rings. The summed E-state index contributed by atoms with van der Waals surface area (Å²) < 4.78 is 50.8. The molecule has 0 aromatic heterocycles. The van der Waals surface area contributed by atoms with E-state index in [4.69, 9.17) is 5.73 Å². The van der Waals surface area contributed by atoms with E-state index >= 15 is 0 Å².